The largest absolute Gasteiger partial charge is 0.416 e. The molecule has 1 saturated carbocycles. The Labute approximate surface area is 218 Å². The molecule has 0 saturated heterocycles. The van der Waals surface area contributed by atoms with E-state index in [2.05, 4.69) is 25.5 Å². The van der Waals surface area contributed by atoms with Crippen molar-refractivity contribution in [3.05, 3.63) is 70.4 Å². The summed E-state index contributed by atoms with van der Waals surface area (Å²) in [6, 6.07) is 7.75. The fourth-order valence-corrected chi connectivity index (χ4v) is 3.84. The molecule has 4 aromatic rings. The van der Waals surface area contributed by atoms with Gasteiger partial charge in [-0.1, -0.05) is 11.6 Å². The molecule has 11 nitrogen and oxygen atoms in total. The number of nitrogens with one attached hydrogen (secondary N) is 1. The minimum atomic E-state index is -4.93. The zero-order valence-corrected chi connectivity index (χ0v) is 20.4. The van der Waals surface area contributed by atoms with Crippen molar-refractivity contribution in [2.24, 2.45) is 0 Å². The molecule has 38 heavy (non-hydrogen) atoms. The van der Waals surface area contributed by atoms with Gasteiger partial charge in [-0.2, -0.15) is 13.2 Å². The Kier molecular flexibility index (Phi) is 6.71. The Balaban J connectivity index is 1.43. The van der Waals surface area contributed by atoms with Crippen molar-refractivity contribution in [2.75, 3.05) is 11.9 Å². The van der Waals surface area contributed by atoms with Gasteiger partial charge in [0.1, 0.15) is 18.6 Å². The maximum Gasteiger partial charge on any atom is 0.416 e. The third kappa shape index (κ3) is 5.56. The van der Waals surface area contributed by atoms with Crippen LogP contribution in [-0.2, 0) is 13.1 Å². The molecule has 200 valence electrons. The minimum absolute atomic E-state index is 0.0776. The number of hydrogen-bond acceptors (Lipinski definition) is 8. The van der Waals surface area contributed by atoms with Gasteiger partial charge in [-0.05, 0) is 43.2 Å². The number of benzene rings is 1. The van der Waals surface area contributed by atoms with Crippen LogP contribution < -0.4 is 11.0 Å². The van der Waals surface area contributed by atoms with Gasteiger partial charge in [-0.3, -0.25) is 9.55 Å². The lowest BCUT2D eigenvalue weighted by atomic mass is 10.2. The number of hydrogen-bond donors (Lipinski definition) is 3. The molecule has 3 heterocycles. The van der Waals surface area contributed by atoms with E-state index in [1.54, 1.807) is 18.5 Å². The molecule has 0 spiro atoms. The van der Waals surface area contributed by atoms with Gasteiger partial charge in [0.15, 0.2) is 17.8 Å². The first kappa shape index (κ1) is 25.9. The normalized spacial score (nSPS) is 15.4. The van der Waals surface area contributed by atoms with Crippen LogP contribution in [0.2, 0.25) is 5.02 Å². The second-order valence-corrected chi connectivity index (χ2v) is 9.45. The van der Waals surface area contributed by atoms with Crippen molar-refractivity contribution < 1.29 is 23.4 Å². The van der Waals surface area contributed by atoms with Crippen molar-refractivity contribution in [3.8, 4) is 17.1 Å². The lowest BCUT2D eigenvalue weighted by molar-refractivity contribution is -0.207. The molecule has 1 aliphatic rings. The van der Waals surface area contributed by atoms with Gasteiger partial charge in [0.2, 0.25) is 0 Å². The van der Waals surface area contributed by atoms with E-state index in [-0.39, 0.29) is 18.2 Å². The van der Waals surface area contributed by atoms with Crippen LogP contribution in [-0.4, -0.2) is 68.7 Å². The molecule has 3 N–H and O–H groups in total. The third-order valence-electron chi connectivity index (χ3n) is 6.07. The van der Waals surface area contributed by atoms with Crippen molar-refractivity contribution in [1.82, 2.24) is 34.1 Å². The number of aliphatic hydroxyl groups excluding tert-OH is 1. The van der Waals surface area contributed by atoms with Crippen LogP contribution in [0.4, 0.5) is 18.9 Å². The highest BCUT2D eigenvalue weighted by molar-refractivity contribution is 6.30. The average molecular weight is 551 g/mol. The second-order valence-electron chi connectivity index (χ2n) is 9.01. The highest BCUT2D eigenvalue weighted by Gasteiger charge is 2.40. The number of anilines is 1. The Morgan fingerprint density at radius 1 is 1.16 bits per heavy atom. The molecule has 1 fully saturated rings. The van der Waals surface area contributed by atoms with Crippen molar-refractivity contribution in [3.63, 3.8) is 0 Å². The van der Waals surface area contributed by atoms with Gasteiger partial charge in [0.25, 0.3) is 0 Å². The zero-order valence-electron chi connectivity index (χ0n) is 19.7. The highest BCUT2D eigenvalue weighted by atomic mass is 35.5. The predicted octanol–water partition coefficient (Wildman–Crippen LogP) is 2.25. The van der Waals surface area contributed by atoms with Crippen LogP contribution in [0.3, 0.4) is 0 Å². The van der Waals surface area contributed by atoms with Crippen molar-refractivity contribution in [1.29, 1.82) is 0 Å². The molecular weight excluding hydrogens is 529 g/mol. The van der Waals surface area contributed by atoms with E-state index in [1.807, 2.05) is 0 Å². The Hall–Kier alpha value is -3.75. The van der Waals surface area contributed by atoms with Gasteiger partial charge in [0, 0.05) is 23.3 Å². The molecule has 1 atom stereocenters. The van der Waals surface area contributed by atoms with E-state index in [0.717, 1.165) is 9.25 Å². The first-order chi connectivity index (χ1) is 18.0. The number of nitrogens with zero attached hydrogens (tertiary/aromatic N) is 7. The summed E-state index contributed by atoms with van der Waals surface area (Å²) in [6.07, 6.45) is -1.73. The minimum Gasteiger partial charge on any atom is -0.388 e. The van der Waals surface area contributed by atoms with Gasteiger partial charge < -0.3 is 15.5 Å². The number of halogens is 4. The van der Waals surface area contributed by atoms with E-state index >= 15 is 0 Å². The fourth-order valence-electron chi connectivity index (χ4n) is 3.72. The lowest BCUT2D eigenvalue weighted by Gasteiger charge is -2.15. The third-order valence-corrected chi connectivity index (χ3v) is 6.32. The monoisotopic (exact) mass is 550 g/mol. The molecule has 5 rings (SSSR count). The SMILES string of the molecule is O=c1n(Cc2ncn(-c3cnccc3NCC3(O)CC3)n2)nc(-c2ccc(Cl)cc2)n1C[C@H](O)C(F)(F)F. The molecule has 0 bridgehead atoms. The van der Waals surface area contributed by atoms with Gasteiger partial charge in [0.05, 0.1) is 24.0 Å². The van der Waals surface area contributed by atoms with Crippen molar-refractivity contribution in [2.45, 2.75) is 43.8 Å². The summed E-state index contributed by atoms with van der Waals surface area (Å²) < 4.78 is 42.3. The molecule has 1 aliphatic carbocycles. The average Bonchev–Trinajstić information content (AvgIpc) is 3.31. The number of rotatable bonds is 9. The summed E-state index contributed by atoms with van der Waals surface area (Å²) >= 11 is 5.91. The summed E-state index contributed by atoms with van der Waals surface area (Å²) in [5.74, 6) is 0.0811. The number of aliphatic hydroxyl groups is 2. The summed E-state index contributed by atoms with van der Waals surface area (Å²) in [4.78, 5) is 21.4. The molecule has 3 aromatic heterocycles. The fraction of sp³-hybridized carbons (Fsp3) is 0.348. The number of aromatic nitrogens is 7. The van der Waals surface area contributed by atoms with E-state index in [4.69, 9.17) is 11.6 Å². The predicted molar refractivity (Wildman–Crippen MR) is 130 cm³/mol. The Morgan fingerprint density at radius 2 is 1.89 bits per heavy atom. The van der Waals surface area contributed by atoms with Crippen molar-refractivity contribution >= 4 is 17.3 Å². The second kappa shape index (κ2) is 9.85. The topological polar surface area (TPSA) is 136 Å². The zero-order chi connectivity index (χ0) is 27.1. The molecular formula is C23H22ClF3N8O3. The van der Waals surface area contributed by atoms with Crippen LogP contribution in [0.15, 0.2) is 53.8 Å². The molecule has 0 radical (unpaired) electrons. The summed E-state index contributed by atoms with van der Waals surface area (Å²) in [5, 5.41) is 31.9. The summed E-state index contributed by atoms with van der Waals surface area (Å²) in [6.45, 7) is -0.931. The van der Waals surface area contributed by atoms with E-state index in [1.165, 1.54) is 35.3 Å². The van der Waals surface area contributed by atoms with Crippen LogP contribution in [0.25, 0.3) is 17.1 Å². The van der Waals surface area contributed by atoms with Crippen LogP contribution >= 0.6 is 11.6 Å². The highest BCUT2D eigenvalue weighted by Crippen LogP contribution is 2.35. The summed E-state index contributed by atoms with van der Waals surface area (Å²) in [7, 11) is 0. The molecule has 1 aromatic carbocycles. The molecule has 15 heteroatoms. The number of alkyl halides is 3. The summed E-state index contributed by atoms with van der Waals surface area (Å²) in [5.41, 5.74) is -0.0688. The first-order valence-corrected chi connectivity index (χ1v) is 11.9. The van der Waals surface area contributed by atoms with Gasteiger partial charge in [-0.25, -0.2) is 19.1 Å². The Morgan fingerprint density at radius 3 is 2.58 bits per heavy atom. The van der Waals surface area contributed by atoms with Crippen LogP contribution in [0.1, 0.15) is 18.7 Å². The van der Waals surface area contributed by atoms with Gasteiger partial charge >= 0.3 is 11.9 Å². The molecule has 0 amide bonds. The van der Waals surface area contributed by atoms with Gasteiger partial charge in [-0.15, -0.1) is 10.2 Å². The quantitative estimate of drug-likeness (QED) is 0.289. The standard InChI is InChI=1S/C23H22ClF3N8O3/c24-15-3-1-14(2-4-15)20-32-34(21(37)33(20)10-18(36)23(25,26)27)11-19-30-13-35(31-19)17-9-28-8-5-16(17)29-12-22(38)6-7-22/h1-5,8-9,13,18,36,38H,6-7,10-12H2,(H,28,29)/t18-/m0/s1. The smallest absolute Gasteiger partial charge is 0.388 e. The van der Waals surface area contributed by atoms with Crippen LogP contribution in [0, 0.1) is 0 Å². The van der Waals surface area contributed by atoms with E-state index < -0.39 is 30.1 Å². The maximum atomic E-state index is 13.1. The van der Waals surface area contributed by atoms with E-state index in [9.17, 15) is 28.2 Å². The number of pyridine rings is 1. The lowest BCUT2D eigenvalue weighted by Crippen LogP contribution is -2.37. The Bertz CT molecular complexity index is 1490. The molecule has 0 aliphatic heterocycles. The molecule has 0 unspecified atom stereocenters. The van der Waals surface area contributed by atoms with Crippen LogP contribution in [0.5, 0.6) is 0 Å². The first-order valence-electron chi connectivity index (χ1n) is 11.5. The maximum absolute atomic E-state index is 13.1. The van der Waals surface area contributed by atoms with E-state index in [0.29, 0.717) is 41.3 Å².